The molecule has 0 radical (unpaired) electrons. The number of nitro groups is 1. The van der Waals surface area contributed by atoms with Crippen molar-refractivity contribution in [3.8, 4) is 11.3 Å². The maximum atomic E-state index is 12.3. The number of nitrogens with one attached hydrogen (secondary N) is 2. The zero-order valence-corrected chi connectivity index (χ0v) is 16.3. The second kappa shape index (κ2) is 8.39. The van der Waals surface area contributed by atoms with Gasteiger partial charge in [0.1, 0.15) is 5.76 Å². The van der Waals surface area contributed by atoms with Crippen molar-refractivity contribution in [3.63, 3.8) is 0 Å². The third kappa shape index (κ3) is 4.48. The summed E-state index contributed by atoms with van der Waals surface area (Å²) in [6, 6.07) is 13.8. The fourth-order valence-electron chi connectivity index (χ4n) is 2.31. The second-order valence-corrected chi connectivity index (χ2v) is 6.67. The van der Waals surface area contributed by atoms with Crippen LogP contribution in [0.1, 0.15) is 10.6 Å². The minimum atomic E-state index is -0.590. The number of nitro benzene ring substituents is 1. The Hall–Kier alpha value is -2.94. The van der Waals surface area contributed by atoms with E-state index in [1.807, 2.05) is 0 Å². The Kier molecular flexibility index (Phi) is 5.93. The molecule has 0 unspecified atom stereocenters. The summed E-state index contributed by atoms with van der Waals surface area (Å²) in [5.74, 6) is -0.291. The quantitative estimate of drug-likeness (QED) is 0.328. The van der Waals surface area contributed by atoms with Crippen LogP contribution in [0.15, 0.2) is 59.0 Å². The van der Waals surface area contributed by atoms with Crippen LogP contribution in [0.3, 0.4) is 0 Å². The molecule has 0 bridgehead atoms. The molecule has 10 heteroatoms. The van der Waals surface area contributed by atoms with Crippen LogP contribution < -0.4 is 10.6 Å². The van der Waals surface area contributed by atoms with Gasteiger partial charge in [-0.3, -0.25) is 20.2 Å². The zero-order chi connectivity index (χ0) is 20.3. The summed E-state index contributed by atoms with van der Waals surface area (Å²) in [6.45, 7) is 0. The van der Waals surface area contributed by atoms with E-state index in [0.29, 0.717) is 22.0 Å². The van der Waals surface area contributed by atoms with Gasteiger partial charge in [-0.05, 0) is 36.5 Å². The Balaban J connectivity index is 1.70. The Morgan fingerprint density at radius 3 is 2.61 bits per heavy atom. The van der Waals surface area contributed by atoms with Crippen molar-refractivity contribution in [2.75, 3.05) is 5.32 Å². The van der Waals surface area contributed by atoms with E-state index in [-0.39, 0.29) is 21.6 Å². The number of amides is 1. The number of carbonyl (C=O) groups is 1. The molecule has 2 N–H and O–H groups in total. The molecule has 2 aromatic carbocycles. The lowest BCUT2D eigenvalue weighted by Gasteiger charge is -2.10. The molecular formula is C18H11Cl2N3O4S. The number of nitrogens with zero attached hydrogens (tertiary/aromatic N) is 1. The van der Waals surface area contributed by atoms with E-state index in [2.05, 4.69) is 10.6 Å². The van der Waals surface area contributed by atoms with Crippen LogP contribution in [0.2, 0.25) is 10.0 Å². The standard InChI is InChI=1S/C18H11Cl2N3O4S/c19-12-5-2-6-13(16(12)20)21-18(28)22-17(24)15-8-7-14(27-15)10-3-1-4-11(9-10)23(25)26/h1-9H,(H2,21,22,24,28). The Labute approximate surface area is 174 Å². The third-order valence-corrected chi connectivity index (χ3v) is 4.62. The molecule has 0 aliphatic rings. The molecule has 28 heavy (non-hydrogen) atoms. The lowest BCUT2D eigenvalue weighted by Crippen LogP contribution is -2.33. The number of thiocarbonyl (C=S) groups is 1. The average Bonchev–Trinajstić information content (AvgIpc) is 3.16. The van der Waals surface area contributed by atoms with E-state index in [4.69, 9.17) is 39.8 Å². The number of non-ortho nitro benzene ring substituents is 1. The summed E-state index contributed by atoms with van der Waals surface area (Å²) in [5.41, 5.74) is 0.833. The van der Waals surface area contributed by atoms with E-state index in [1.54, 1.807) is 24.3 Å². The van der Waals surface area contributed by atoms with Crippen LogP contribution in [0.25, 0.3) is 11.3 Å². The van der Waals surface area contributed by atoms with Crippen LogP contribution in [0.4, 0.5) is 11.4 Å². The summed E-state index contributed by atoms with van der Waals surface area (Å²) in [5, 5.41) is 16.7. The predicted molar refractivity (Wildman–Crippen MR) is 111 cm³/mol. The maximum Gasteiger partial charge on any atom is 0.293 e. The SMILES string of the molecule is O=C(NC(=S)Nc1cccc(Cl)c1Cl)c1ccc(-c2cccc([N+](=O)[O-])c2)o1. The molecule has 3 rings (SSSR count). The minimum absolute atomic E-state index is 0.00228. The van der Waals surface area contributed by atoms with Gasteiger partial charge in [0, 0.05) is 17.7 Å². The first-order chi connectivity index (χ1) is 13.3. The highest BCUT2D eigenvalue weighted by Crippen LogP contribution is 2.29. The first-order valence-corrected chi connectivity index (χ1v) is 8.92. The number of furan rings is 1. The van der Waals surface area contributed by atoms with E-state index < -0.39 is 10.8 Å². The number of anilines is 1. The first-order valence-electron chi connectivity index (χ1n) is 7.76. The summed E-state index contributed by atoms with van der Waals surface area (Å²) in [7, 11) is 0. The molecule has 142 valence electrons. The second-order valence-electron chi connectivity index (χ2n) is 5.48. The lowest BCUT2D eigenvalue weighted by atomic mass is 10.1. The van der Waals surface area contributed by atoms with Gasteiger partial charge in [-0.25, -0.2) is 0 Å². The first kappa shape index (κ1) is 19.8. The smallest absolute Gasteiger partial charge is 0.293 e. The van der Waals surface area contributed by atoms with Crippen LogP contribution in [-0.2, 0) is 0 Å². The summed E-state index contributed by atoms with van der Waals surface area (Å²) < 4.78 is 5.49. The Bertz CT molecular complexity index is 1080. The highest BCUT2D eigenvalue weighted by atomic mass is 35.5. The van der Waals surface area contributed by atoms with E-state index in [1.165, 1.54) is 30.3 Å². The number of hydrogen-bond donors (Lipinski definition) is 2. The fraction of sp³-hybridized carbons (Fsp3) is 0. The number of benzene rings is 2. The maximum absolute atomic E-state index is 12.3. The molecule has 1 aromatic heterocycles. The summed E-state index contributed by atoms with van der Waals surface area (Å²) >= 11 is 17.1. The van der Waals surface area contributed by atoms with Crippen molar-refractivity contribution in [1.82, 2.24) is 5.32 Å². The molecule has 0 spiro atoms. The van der Waals surface area contributed by atoms with Gasteiger partial charge < -0.3 is 9.73 Å². The molecule has 3 aromatic rings. The van der Waals surface area contributed by atoms with E-state index in [0.717, 1.165) is 0 Å². The van der Waals surface area contributed by atoms with Crippen LogP contribution in [0, 0.1) is 10.1 Å². The lowest BCUT2D eigenvalue weighted by molar-refractivity contribution is -0.384. The zero-order valence-electron chi connectivity index (χ0n) is 13.9. The van der Waals surface area contributed by atoms with Gasteiger partial charge in [0.15, 0.2) is 10.9 Å². The van der Waals surface area contributed by atoms with Gasteiger partial charge in [-0.1, -0.05) is 41.4 Å². The molecule has 1 heterocycles. The number of rotatable bonds is 4. The molecule has 0 atom stereocenters. The van der Waals surface area contributed by atoms with Crippen molar-refractivity contribution in [2.45, 2.75) is 0 Å². The van der Waals surface area contributed by atoms with Gasteiger partial charge in [-0.15, -0.1) is 0 Å². The van der Waals surface area contributed by atoms with Crippen molar-refractivity contribution >= 4 is 57.8 Å². The van der Waals surface area contributed by atoms with Gasteiger partial charge >= 0.3 is 0 Å². The van der Waals surface area contributed by atoms with Gasteiger partial charge in [0.2, 0.25) is 0 Å². The Morgan fingerprint density at radius 1 is 1.11 bits per heavy atom. The molecular weight excluding hydrogens is 425 g/mol. The van der Waals surface area contributed by atoms with Crippen LogP contribution in [-0.4, -0.2) is 15.9 Å². The van der Waals surface area contributed by atoms with Gasteiger partial charge in [0.25, 0.3) is 11.6 Å². The summed E-state index contributed by atoms with van der Waals surface area (Å²) in [6.07, 6.45) is 0. The van der Waals surface area contributed by atoms with E-state index >= 15 is 0 Å². The summed E-state index contributed by atoms with van der Waals surface area (Å²) in [4.78, 5) is 22.7. The normalized spacial score (nSPS) is 10.4. The highest BCUT2D eigenvalue weighted by Gasteiger charge is 2.16. The number of hydrogen-bond acceptors (Lipinski definition) is 5. The molecule has 0 aliphatic carbocycles. The molecule has 0 fully saturated rings. The average molecular weight is 436 g/mol. The third-order valence-electron chi connectivity index (χ3n) is 3.60. The van der Waals surface area contributed by atoms with Crippen LogP contribution >= 0.6 is 35.4 Å². The molecule has 1 amide bonds. The van der Waals surface area contributed by atoms with Gasteiger partial charge in [0.05, 0.1) is 20.7 Å². The monoisotopic (exact) mass is 435 g/mol. The molecule has 0 saturated heterocycles. The van der Waals surface area contributed by atoms with E-state index in [9.17, 15) is 14.9 Å². The van der Waals surface area contributed by atoms with Crippen molar-refractivity contribution in [1.29, 1.82) is 0 Å². The Morgan fingerprint density at radius 2 is 1.86 bits per heavy atom. The predicted octanol–water partition coefficient (Wildman–Crippen LogP) is 5.29. The van der Waals surface area contributed by atoms with Crippen LogP contribution in [0.5, 0.6) is 0 Å². The van der Waals surface area contributed by atoms with Gasteiger partial charge in [-0.2, -0.15) is 0 Å². The van der Waals surface area contributed by atoms with Crippen molar-refractivity contribution in [3.05, 3.63) is 80.5 Å². The largest absolute Gasteiger partial charge is 0.451 e. The molecule has 7 nitrogen and oxygen atoms in total. The van der Waals surface area contributed by atoms with Crippen molar-refractivity contribution in [2.24, 2.45) is 0 Å². The molecule has 0 saturated carbocycles. The molecule has 0 aliphatic heterocycles. The number of carbonyl (C=O) groups excluding carboxylic acids is 1. The fourth-order valence-corrected chi connectivity index (χ4v) is 2.86. The van der Waals surface area contributed by atoms with Crippen molar-refractivity contribution < 1.29 is 14.1 Å². The number of halogens is 2. The highest BCUT2D eigenvalue weighted by molar-refractivity contribution is 7.80. The topological polar surface area (TPSA) is 97.4 Å². The minimum Gasteiger partial charge on any atom is -0.451 e.